The van der Waals surface area contributed by atoms with Crippen LogP contribution in [0, 0.1) is 17.2 Å². The Morgan fingerprint density at radius 3 is 2.56 bits per heavy atom. The van der Waals surface area contributed by atoms with Gasteiger partial charge < -0.3 is 30.0 Å². The summed E-state index contributed by atoms with van der Waals surface area (Å²) in [5.74, 6) is -0.330. The predicted octanol–water partition coefficient (Wildman–Crippen LogP) is 9.98. The van der Waals surface area contributed by atoms with Gasteiger partial charge in [-0.1, -0.05) is 45.0 Å². The second-order valence-corrected chi connectivity index (χ2v) is 20.4. The highest BCUT2D eigenvalue weighted by Gasteiger charge is 2.50. The van der Waals surface area contributed by atoms with Gasteiger partial charge in [-0.15, -0.1) is 0 Å². The molecule has 1 unspecified atom stereocenters. The maximum atomic E-state index is 16.4. The van der Waals surface area contributed by atoms with E-state index in [2.05, 4.69) is 68.3 Å². The minimum Gasteiger partial charge on any atom is -0.455 e. The first-order valence-electron chi connectivity index (χ1n) is 23.3. The standard InChI is InChI=1S/C50H62FN7O5S/c1-4-18-52-44-26-38(11-12-43(44)54-31-34-14-23-62-24-15-34)64(60,61)56-49(59)41-27-42(51)46(28-47(41)63-37-25-35-13-19-53-48(35)55-32-37)57-21-16-50(17-22-57)29-36(30-50)58-20-7-10-45(58)40-9-6-5-8-39(40)33(2)3/h5-6,8-9,11-13,19,25-28,32-34,36,45,52,54H,4,7,10,14-18,20-24,29-31H2,1-3H3,(H,53,55)(H,56,59). The molecule has 4 N–H and O–H groups in total. The van der Waals surface area contributed by atoms with E-state index >= 15 is 4.39 Å². The molecular weight excluding hydrogens is 830 g/mol. The number of aromatic nitrogens is 2. The van der Waals surface area contributed by atoms with Gasteiger partial charge in [-0.25, -0.2) is 22.5 Å². The van der Waals surface area contributed by atoms with E-state index in [0.29, 0.717) is 66.3 Å². The second kappa shape index (κ2) is 18.7. The summed E-state index contributed by atoms with van der Waals surface area (Å²) in [4.78, 5) is 26.3. The summed E-state index contributed by atoms with van der Waals surface area (Å²) in [5.41, 5.74) is 5.28. The van der Waals surface area contributed by atoms with Crippen molar-refractivity contribution in [3.63, 3.8) is 0 Å². The lowest BCUT2D eigenvalue weighted by atomic mass is 9.59. The number of hydrogen-bond donors (Lipinski definition) is 4. The summed E-state index contributed by atoms with van der Waals surface area (Å²) in [7, 11) is -4.40. The molecule has 4 fully saturated rings. The Morgan fingerprint density at radius 1 is 0.984 bits per heavy atom. The Morgan fingerprint density at radius 2 is 1.78 bits per heavy atom. The van der Waals surface area contributed by atoms with Crippen molar-refractivity contribution in [1.29, 1.82) is 0 Å². The first-order valence-corrected chi connectivity index (χ1v) is 24.8. The van der Waals surface area contributed by atoms with Crippen LogP contribution < -0.4 is 25.0 Å². The highest BCUT2D eigenvalue weighted by Crippen LogP contribution is 2.54. The van der Waals surface area contributed by atoms with Gasteiger partial charge in [0.2, 0.25) is 0 Å². The molecule has 64 heavy (non-hydrogen) atoms. The van der Waals surface area contributed by atoms with E-state index in [4.69, 9.17) is 9.47 Å². The number of likely N-dealkylation sites (tertiary alicyclic amines) is 1. The number of nitrogens with one attached hydrogen (secondary N) is 4. The van der Waals surface area contributed by atoms with Gasteiger partial charge in [-0.05, 0) is 129 Å². The SMILES string of the molecule is CCCNc1cc(S(=O)(=O)NC(=O)c2cc(F)c(N3CCC4(CC3)CC(N3CCCC3c3ccccc3C(C)C)C4)cc2Oc2cnc3[nH]ccc3c2)ccc1NCC1CCOCC1. The number of anilines is 3. The Labute approximate surface area is 376 Å². The molecule has 4 aliphatic rings. The van der Waals surface area contributed by atoms with E-state index in [1.807, 2.05) is 17.9 Å². The smallest absolute Gasteiger partial charge is 0.268 e. The summed E-state index contributed by atoms with van der Waals surface area (Å²) in [6.07, 6.45) is 12.6. The summed E-state index contributed by atoms with van der Waals surface area (Å²) < 4.78 is 58.3. The van der Waals surface area contributed by atoms with E-state index in [0.717, 1.165) is 88.4 Å². The van der Waals surface area contributed by atoms with E-state index < -0.39 is 21.7 Å². The zero-order valence-corrected chi connectivity index (χ0v) is 38.1. The Bertz CT molecular complexity index is 2560. The molecule has 5 heterocycles. The number of nitrogens with zero attached hydrogens (tertiary/aromatic N) is 3. The number of benzene rings is 3. The fourth-order valence-corrected chi connectivity index (χ4v) is 11.5. The van der Waals surface area contributed by atoms with Crippen molar-refractivity contribution in [2.24, 2.45) is 11.3 Å². The summed E-state index contributed by atoms with van der Waals surface area (Å²) >= 11 is 0. The molecule has 1 amide bonds. The molecule has 1 saturated carbocycles. The Hall–Kier alpha value is -5.18. The zero-order valence-electron chi connectivity index (χ0n) is 37.3. The number of halogens is 1. The number of amides is 1. The number of H-pyrrole nitrogens is 1. The van der Waals surface area contributed by atoms with Crippen LogP contribution in [-0.2, 0) is 14.8 Å². The van der Waals surface area contributed by atoms with Crippen LogP contribution in [0.1, 0.15) is 112 Å². The average molecular weight is 892 g/mol. The van der Waals surface area contributed by atoms with Crippen molar-refractivity contribution in [1.82, 2.24) is 19.6 Å². The van der Waals surface area contributed by atoms with Crippen molar-refractivity contribution in [2.45, 2.75) is 101 Å². The van der Waals surface area contributed by atoms with Crippen LogP contribution in [-0.4, -0.2) is 81.2 Å². The highest BCUT2D eigenvalue weighted by atomic mass is 32.2. The van der Waals surface area contributed by atoms with Crippen LogP contribution in [0.15, 0.2) is 84.0 Å². The van der Waals surface area contributed by atoms with Crippen molar-refractivity contribution in [3.8, 4) is 11.5 Å². The molecule has 1 spiro atoms. The van der Waals surface area contributed by atoms with E-state index in [1.165, 1.54) is 48.4 Å². The van der Waals surface area contributed by atoms with Crippen LogP contribution in [0.5, 0.6) is 11.5 Å². The first kappa shape index (κ1) is 44.0. The average Bonchev–Trinajstić information content (AvgIpc) is 3.98. The number of carbonyl (C=O) groups excluding carboxylic acids is 1. The third kappa shape index (κ3) is 9.32. The molecule has 12 nitrogen and oxygen atoms in total. The molecule has 3 saturated heterocycles. The number of rotatable bonds is 15. The van der Waals surface area contributed by atoms with E-state index in [9.17, 15) is 13.2 Å². The molecule has 2 aromatic heterocycles. The number of pyridine rings is 1. The molecule has 0 bridgehead atoms. The molecule has 3 aliphatic heterocycles. The lowest BCUT2D eigenvalue weighted by Crippen LogP contribution is -2.55. The number of ether oxygens (including phenoxy) is 2. The molecular formula is C50H62FN7O5S. The summed E-state index contributed by atoms with van der Waals surface area (Å²) in [6, 6.07) is 20.9. The monoisotopic (exact) mass is 891 g/mol. The van der Waals surface area contributed by atoms with Gasteiger partial charge in [0.25, 0.3) is 15.9 Å². The van der Waals surface area contributed by atoms with Crippen LogP contribution >= 0.6 is 0 Å². The van der Waals surface area contributed by atoms with Gasteiger partial charge >= 0.3 is 0 Å². The summed E-state index contributed by atoms with van der Waals surface area (Å²) in [6.45, 7) is 11.9. The molecule has 1 aliphatic carbocycles. The zero-order chi connectivity index (χ0) is 44.4. The molecule has 340 valence electrons. The maximum Gasteiger partial charge on any atom is 0.268 e. The second-order valence-electron chi connectivity index (χ2n) is 18.7. The van der Waals surface area contributed by atoms with Crippen molar-refractivity contribution in [2.75, 3.05) is 61.5 Å². The number of carbonyl (C=O) groups is 1. The van der Waals surface area contributed by atoms with Crippen molar-refractivity contribution >= 4 is 44.0 Å². The van der Waals surface area contributed by atoms with Gasteiger partial charge in [0.1, 0.15) is 23.0 Å². The van der Waals surface area contributed by atoms with E-state index in [1.54, 1.807) is 18.3 Å². The lowest BCUT2D eigenvalue weighted by Gasteiger charge is -2.56. The van der Waals surface area contributed by atoms with Crippen molar-refractivity contribution in [3.05, 3.63) is 102 Å². The van der Waals surface area contributed by atoms with Gasteiger partial charge in [0, 0.05) is 69.1 Å². The van der Waals surface area contributed by atoms with Gasteiger partial charge in [0.15, 0.2) is 0 Å². The van der Waals surface area contributed by atoms with Crippen LogP contribution in [0.4, 0.5) is 21.5 Å². The topological polar surface area (TPSA) is 141 Å². The molecule has 1 atom stereocenters. The normalized spacial score (nSPS) is 19.6. The van der Waals surface area contributed by atoms with Gasteiger partial charge in [-0.2, -0.15) is 0 Å². The predicted molar refractivity (Wildman–Crippen MR) is 251 cm³/mol. The quantitative estimate of drug-likeness (QED) is 0.0803. The molecule has 0 radical (unpaired) electrons. The number of piperidine rings is 1. The van der Waals surface area contributed by atoms with Crippen LogP contribution in [0.2, 0.25) is 0 Å². The van der Waals surface area contributed by atoms with Gasteiger partial charge in [0.05, 0.1) is 33.7 Å². The molecule has 3 aromatic carbocycles. The Balaban J connectivity index is 0.920. The minimum atomic E-state index is -4.40. The van der Waals surface area contributed by atoms with E-state index in [-0.39, 0.29) is 21.6 Å². The highest BCUT2D eigenvalue weighted by molar-refractivity contribution is 7.90. The van der Waals surface area contributed by atoms with Crippen LogP contribution in [0.25, 0.3) is 11.0 Å². The fraction of sp³-hybridized carbons (Fsp3) is 0.480. The molecule has 14 heteroatoms. The third-order valence-electron chi connectivity index (χ3n) is 14.2. The largest absolute Gasteiger partial charge is 0.455 e. The number of sulfonamides is 1. The minimum absolute atomic E-state index is 0.0319. The number of fused-ring (bicyclic) bond motifs is 1. The molecule has 9 rings (SSSR count). The number of aromatic amines is 1. The summed E-state index contributed by atoms with van der Waals surface area (Å²) in [5, 5.41) is 7.60. The Kier molecular flexibility index (Phi) is 12.9. The lowest BCUT2D eigenvalue weighted by molar-refractivity contribution is -0.0228. The number of hydrogen-bond acceptors (Lipinski definition) is 10. The fourth-order valence-electron chi connectivity index (χ4n) is 10.5. The molecule has 5 aromatic rings. The van der Waals surface area contributed by atoms with Gasteiger partial charge in [-0.3, -0.25) is 9.69 Å². The van der Waals surface area contributed by atoms with Crippen LogP contribution in [0.3, 0.4) is 0 Å². The first-order chi connectivity index (χ1) is 31.0. The third-order valence-corrected chi connectivity index (χ3v) is 15.5. The van der Waals surface area contributed by atoms with Crippen molar-refractivity contribution < 1.29 is 27.1 Å². The maximum absolute atomic E-state index is 16.4.